The highest BCUT2D eigenvalue weighted by molar-refractivity contribution is 6.09. The van der Waals surface area contributed by atoms with Gasteiger partial charge in [-0.2, -0.15) is 4.98 Å². The van der Waals surface area contributed by atoms with E-state index in [-0.39, 0.29) is 17.4 Å². The Morgan fingerprint density at radius 1 is 1.30 bits per heavy atom. The monoisotopic (exact) mass is 364 g/mol. The minimum Gasteiger partial charge on any atom is -0.378 e. The van der Waals surface area contributed by atoms with Gasteiger partial charge in [0.05, 0.1) is 11.2 Å². The number of fused-ring (bicyclic) bond motifs is 3. The number of aromatic nitrogens is 4. The third kappa shape index (κ3) is 2.99. The molecule has 0 amide bonds. The van der Waals surface area contributed by atoms with Gasteiger partial charge in [0.2, 0.25) is 17.6 Å². The lowest BCUT2D eigenvalue weighted by Gasteiger charge is -2.02. The zero-order valence-electron chi connectivity index (χ0n) is 14.7. The first-order chi connectivity index (χ1) is 13.1. The number of amidine groups is 1. The molecule has 136 valence electrons. The van der Waals surface area contributed by atoms with Crippen molar-refractivity contribution in [1.29, 1.82) is 0 Å². The summed E-state index contributed by atoms with van der Waals surface area (Å²) in [5.41, 5.74) is 8.37. The first kappa shape index (κ1) is 16.7. The number of aromatic amines is 1. The van der Waals surface area contributed by atoms with Crippen LogP contribution >= 0.6 is 0 Å². The molecule has 0 aliphatic carbocycles. The van der Waals surface area contributed by atoms with Gasteiger partial charge in [0.15, 0.2) is 5.69 Å². The maximum absolute atomic E-state index is 12.4. The summed E-state index contributed by atoms with van der Waals surface area (Å²) < 4.78 is 4.94. The fourth-order valence-corrected chi connectivity index (χ4v) is 2.79. The Morgan fingerprint density at radius 3 is 2.89 bits per heavy atom. The van der Waals surface area contributed by atoms with Crippen LogP contribution in [-0.4, -0.2) is 31.9 Å². The summed E-state index contributed by atoms with van der Waals surface area (Å²) in [6, 6.07) is 9.48. The van der Waals surface area contributed by atoms with Gasteiger partial charge >= 0.3 is 5.97 Å². The highest BCUT2D eigenvalue weighted by atomic mass is 16.7. The van der Waals surface area contributed by atoms with Gasteiger partial charge in [0.25, 0.3) is 0 Å². The maximum atomic E-state index is 12.4. The van der Waals surface area contributed by atoms with E-state index in [4.69, 9.17) is 15.1 Å². The number of hydrogen-bond acceptors (Lipinski definition) is 7. The molecule has 0 radical (unpaired) electrons. The lowest BCUT2D eigenvalue weighted by molar-refractivity contribution is 0.0509. The van der Waals surface area contributed by atoms with Crippen LogP contribution in [0, 0.1) is 6.92 Å². The van der Waals surface area contributed by atoms with E-state index in [1.165, 1.54) is 0 Å². The van der Waals surface area contributed by atoms with E-state index < -0.39 is 5.97 Å². The molecule has 0 bridgehead atoms. The molecule has 0 unspecified atom stereocenters. The number of H-pyrrole nitrogens is 1. The topological polar surface area (TPSA) is 132 Å². The van der Waals surface area contributed by atoms with Crippen molar-refractivity contribution in [1.82, 2.24) is 20.1 Å². The number of nitrogens with zero attached hydrogens (tertiary/aromatic N) is 4. The quantitative estimate of drug-likeness (QED) is 0.246. The Balaban J connectivity index is 1.64. The largest absolute Gasteiger partial charge is 0.384 e. The van der Waals surface area contributed by atoms with Crippen molar-refractivity contribution in [3.8, 4) is 0 Å². The van der Waals surface area contributed by atoms with E-state index in [9.17, 15) is 4.79 Å². The van der Waals surface area contributed by atoms with Crippen molar-refractivity contribution in [2.24, 2.45) is 10.9 Å². The first-order valence-electron chi connectivity index (χ1n) is 8.32. The number of benzene rings is 1. The summed E-state index contributed by atoms with van der Waals surface area (Å²) in [5.74, 6) is -0.406. The van der Waals surface area contributed by atoms with E-state index >= 15 is 0 Å². The van der Waals surface area contributed by atoms with Gasteiger partial charge in [-0.05, 0) is 19.1 Å². The van der Waals surface area contributed by atoms with Crippen molar-refractivity contribution in [2.45, 2.75) is 20.3 Å². The van der Waals surface area contributed by atoms with Gasteiger partial charge in [-0.15, -0.1) is 0 Å². The lowest BCUT2D eigenvalue weighted by Crippen LogP contribution is -2.17. The van der Waals surface area contributed by atoms with E-state index in [0.717, 1.165) is 21.8 Å². The molecule has 0 fully saturated rings. The molecular weight excluding hydrogens is 348 g/mol. The lowest BCUT2D eigenvalue weighted by atomic mass is 10.1. The average Bonchev–Trinajstić information content (AvgIpc) is 3.31. The highest BCUT2D eigenvalue weighted by Crippen LogP contribution is 2.27. The van der Waals surface area contributed by atoms with Crippen molar-refractivity contribution < 1.29 is 14.2 Å². The van der Waals surface area contributed by atoms with Crippen LogP contribution in [0.15, 0.2) is 40.0 Å². The summed E-state index contributed by atoms with van der Waals surface area (Å²) >= 11 is 0. The second kappa shape index (κ2) is 6.52. The zero-order chi connectivity index (χ0) is 19.0. The van der Waals surface area contributed by atoms with Crippen molar-refractivity contribution >= 4 is 33.6 Å². The van der Waals surface area contributed by atoms with Crippen LogP contribution < -0.4 is 5.73 Å². The molecule has 3 heterocycles. The molecule has 0 saturated carbocycles. The van der Waals surface area contributed by atoms with Crippen molar-refractivity contribution in [3.05, 3.63) is 53.4 Å². The Morgan fingerprint density at radius 2 is 2.11 bits per heavy atom. The summed E-state index contributed by atoms with van der Waals surface area (Å²) in [4.78, 5) is 28.9. The van der Waals surface area contributed by atoms with Crippen molar-refractivity contribution in [3.63, 3.8) is 0 Å². The van der Waals surface area contributed by atoms with Gasteiger partial charge in [-0.1, -0.05) is 35.4 Å². The fraction of sp³-hybridized carbons (Fsp3) is 0.167. The number of aryl methyl sites for hydroxylation is 2. The van der Waals surface area contributed by atoms with Crippen LogP contribution in [0.25, 0.3) is 21.8 Å². The predicted molar refractivity (Wildman–Crippen MR) is 98.2 cm³/mol. The molecule has 0 aliphatic rings. The van der Waals surface area contributed by atoms with Gasteiger partial charge in [-0.3, -0.25) is 0 Å². The number of rotatable bonds is 4. The summed E-state index contributed by atoms with van der Waals surface area (Å²) in [6.07, 6.45) is 0.563. The van der Waals surface area contributed by atoms with Crippen LogP contribution in [0.2, 0.25) is 0 Å². The molecule has 3 aromatic heterocycles. The molecule has 0 atom stereocenters. The molecule has 0 saturated heterocycles. The van der Waals surface area contributed by atoms with Gasteiger partial charge in [-0.25, -0.2) is 9.78 Å². The second-order valence-corrected chi connectivity index (χ2v) is 5.91. The molecular formula is C18H16N6O3. The van der Waals surface area contributed by atoms with Crippen LogP contribution in [0.5, 0.6) is 0 Å². The molecule has 4 rings (SSSR count). The molecule has 3 N–H and O–H groups in total. The number of nitrogens with one attached hydrogen (secondary N) is 1. The van der Waals surface area contributed by atoms with Crippen LogP contribution in [0.4, 0.5) is 0 Å². The van der Waals surface area contributed by atoms with Gasteiger partial charge in [0, 0.05) is 22.7 Å². The Labute approximate surface area is 153 Å². The Hall–Kier alpha value is -3.75. The van der Waals surface area contributed by atoms with E-state index in [1.807, 2.05) is 38.1 Å². The molecule has 0 spiro atoms. The van der Waals surface area contributed by atoms with Gasteiger partial charge < -0.3 is 20.1 Å². The number of nitrogens with two attached hydrogens (primary N) is 1. The van der Waals surface area contributed by atoms with E-state index in [0.29, 0.717) is 18.0 Å². The van der Waals surface area contributed by atoms with E-state index in [2.05, 4.69) is 25.3 Å². The third-order valence-corrected chi connectivity index (χ3v) is 4.11. The highest BCUT2D eigenvalue weighted by Gasteiger charge is 2.16. The van der Waals surface area contributed by atoms with Crippen molar-refractivity contribution in [2.75, 3.05) is 0 Å². The molecule has 9 heteroatoms. The van der Waals surface area contributed by atoms with Gasteiger partial charge in [0.1, 0.15) is 0 Å². The van der Waals surface area contributed by atoms with Crippen LogP contribution in [-0.2, 0) is 11.3 Å². The first-order valence-corrected chi connectivity index (χ1v) is 8.32. The third-order valence-electron chi connectivity index (χ3n) is 4.11. The number of carbonyl (C=O) groups is 1. The average molecular weight is 364 g/mol. The normalized spacial score (nSPS) is 12.0. The molecule has 0 aliphatic heterocycles. The minimum absolute atomic E-state index is 0.0656. The zero-order valence-corrected chi connectivity index (χ0v) is 14.7. The standard InChI is InChI=1S/C18H16N6O3/c1-3-14-22-17(24-26-14)16(19)23-27-18(25)13-8-11-10-6-4-5-7-12(10)21-15(11)9(2)20-13/h4-8,21H,3H2,1-2H3,(H2,19,23). The predicted octanol–water partition coefficient (Wildman–Crippen LogP) is 2.45. The number of carbonyl (C=O) groups excluding carboxylic acids is 1. The summed E-state index contributed by atoms with van der Waals surface area (Å²) in [5, 5.41) is 9.13. The summed E-state index contributed by atoms with van der Waals surface area (Å²) in [6.45, 7) is 3.68. The minimum atomic E-state index is -0.729. The molecule has 27 heavy (non-hydrogen) atoms. The van der Waals surface area contributed by atoms with Crippen LogP contribution in [0.1, 0.15) is 34.8 Å². The Kier molecular flexibility index (Phi) is 4.03. The second-order valence-electron chi connectivity index (χ2n) is 5.91. The van der Waals surface area contributed by atoms with Crippen LogP contribution in [0.3, 0.4) is 0 Å². The molecule has 1 aromatic carbocycles. The SMILES string of the molecule is CCc1nc(C(N)=NOC(=O)c2cc3c([nH]c4ccccc43)c(C)n2)no1. The fourth-order valence-electron chi connectivity index (χ4n) is 2.79. The molecule has 4 aromatic rings. The maximum Gasteiger partial charge on any atom is 0.384 e. The van der Waals surface area contributed by atoms with E-state index in [1.54, 1.807) is 6.07 Å². The number of para-hydroxylation sites is 1. The molecule has 9 nitrogen and oxygen atoms in total. The number of pyridine rings is 1. The Bertz CT molecular complexity index is 1190. The summed E-state index contributed by atoms with van der Waals surface area (Å²) in [7, 11) is 0. The number of oxime groups is 1. The number of hydrogen-bond donors (Lipinski definition) is 2. The smallest absolute Gasteiger partial charge is 0.378 e.